The summed E-state index contributed by atoms with van der Waals surface area (Å²) in [4.78, 5) is 4.67. The molecule has 0 aliphatic rings. The van der Waals surface area contributed by atoms with E-state index in [-0.39, 0.29) is 11.7 Å². The summed E-state index contributed by atoms with van der Waals surface area (Å²) in [6.45, 7) is 8.02. The number of fused-ring (bicyclic) bond motifs is 1. The second kappa shape index (κ2) is 6.21. The SMILES string of the molecule is C=Cc1c(C(C)C)nc2ccc(F)cc2c1Oc1ccccc1. The van der Waals surface area contributed by atoms with E-state index in [1.165, 1.54) is 12.1 Å². The van der Waals surface area contributed by atoms with Crippen molar-refractivity contribution in [1.29, 1.82) is 0 Å². The number of halogens is 1. The zero-order chi connectivity index (χ0) is 16.4. The first-order chi connectivity index (χ1) is 11.1. The van der Waals surface area contributed by atoms with Gasteiger partial charge in [0.1, 0.15) is 17.3 Å². The highest BCUT2D eigenvalue weighted by atomic mass is 19.1. The van der Waals surface area contributed by atoms with Crippen LogP contribution in [0.4, 0.5) is 4.39 Å². The molecule has 0 aliphatic carbocycles. The van der Waals surface area contributed by atoms with Crippen molar-refractivity contribution in [2.75, 3.05) is 0 Å². The van der Waals surface area contributed by atoms with E-state index in [9.17, 15) is 4.39 Å². The van der Waals surface area contributed by atoms with Crippen LogP contribution in [0.25, 0.3) is 17.0 Å². The molecule has 0 spiro atoms. The number of aromatic nitrogens is 1. The predicted molar refractivity (Wildman–Crippen MR) is 92.4 cm³/mol. The lowest BCUT2D eigenvalue weighted by atomic mass is 10.00. The third kappa shape index (κ3) is 2.95. The zero-order valence-corrected chi connectivity index (χ0v) is 13.2. The van der Waals surface area contributed by atoms with Crippen molar-refractivity contribution in [1.82, 2.24) is 4.98 Å². The number of rotatable bonds is 4. The normalized spacial score (nSPS) is 11.0. The van der Waals surface area contributed by atoms with Crippen molar-refractivity contribution < 1.29 is 9.13 Å². The Hall–Kier alpha value is -2.68. The minimum Gasteiger partial charge on any atom is -0.456 e. The van der Waals surface area contributed by atoms with E-state index >= 15 is 0 Å². The highest BCUT2D eigenvalue weighted by Gasteiger charge is 2.17. The Morgan fingerprint density at radius 2 is 1.87 bits per heavy atom. The summed E-state index contributed by atoms with van der Waals surface area (Å²) in [6.07, 6.45) is 1.73. The largest absolute Gasteiger partial charge is 0.456 e. The third-order valence-electron chi connectivity index (χ3n) is 3.68. The Kier molecular flexibility index (Phi) is 4.11. The number of hydrogen-bond acceptors (Lipinski definition) is 2. The molecule has 0 saturated carbocycles. The Balaban J connectivity index is 2.30. The van der Waals surface area contributed by atoms with Gasteiger partial charge in [-0.3, -0.25) is 4.98 Å². The van der Waals surface area contributed by atoms with E-state index in [0.717, 1.165) is 11.3 Å². The predicted octanol–water partition coefficient (Wildman–Crippen LogP) is 5.93. The molecule has 116 valence electrons. The summed E-state index contributed by atoms with van der Waals surface area (Å²) in [5.74, 6) is 1.18. The van der Waals surface area contributed by atoms with Crippen LogP contribution >= 0.6 is 0 Å². The van der Waals surface area contributed by atoms with Gasteiger partial charge in [-0.1, -0.05) is 44.7 Å². The molecule has 0 fully saturated rings. The van der Waals surface area contributed by atoms with Crippen molar-refractivity contribution in [3.63, 3.8) is 0 Å². The maximum absolute atomic E-state index is 13.7. The minimum atomic E-state index is -0.315. The van der Waals surface area contributed by atoms with E-state index in [4.69, 9.17) is 4.74 Å². The fourth-order valence-corrected chi connectivity index (χ4v) is 2.59. The first-order valence-electron chi connectivity index (χ1n) is 7.58. The van der Waals surface area contributed by atoms with E-state index in [1.54, 1.807) is 12.1 Å². The van der Waals surface area contributed by atoms with Crippen molar-refractivity contribution in [3.8, 4) is 11.5 Å². The van der Waals surface area contributed by atoms with Crippen LogP contribution in [0, 0.1) is 5.82 Å². The molecule has 0 amide bonds. The minimum absolute atomic E-state index is 0.204. The average molecular weight is 307 g/mol. The molecular weight excluding hydrogens is 289 g/mol. The van der Waals surface area contributed by atoms with Gasteiger partial charge in [-0.15, -0.1) is 0 Å². The van der Waals surface area contributed by atoms with Crippen molar-refractivity contribution >= 4 is 17.0 Å². The summed E-state index contributed by atoms with van der Waals surface area (Å²) >= 11 is 0. The molecule has 2 nitrogen and oxygen atoms in total. The average Bonchev–Trinajstić information content (AvgIpc) is 2.55. The molecule has 0 N–H and O–H groups in total. The van der Waals surface area contributed by atoms with Gasteiger partial charge in [0.2, 0.25) is 0 Å². The van der Waals surface area contributed by atoms with Gasteiger partial charge in [-0.05, 0) is 36.2 Å². The van der Waals surface area contributed by atoms with Gasteiger partial charge in [-0.25, -0.2) is 4.39 Å². The molecule has 0 aliphatic heterocycles. The standard InChI is InChI=1S/C20H18FNO/c1-4-16-19(13(2)3)22-18-11-10-14(21)12-17(18)20(16)23-15-8-6-5-7-9-15/h4-13H,1H2,2-3H3. The lowest BCUT2D eigenvalue weighted by Gasteiger charge is -2.17. The van der Waals surface area contributed by atoms with Crippen LogP contribution in [0.5, 0.6) is 11.5 Å². The van der Waals surface area contributed by atoms with E-state index in [1.807, 2.05) is 30.3 Å². The molecule has 3 rings (SSSR count). The van der Waals surface area contributed by atoms with Gasteiger partial charge < -0.3 is 4.74 Å². The lowest BCUT2D eigenvalue weighted by Crippen LogP contribution is -2.01. The maximum atomic E-state index is 13.7. The Morgan fingerprint density at radius 3 is 2.52 bits per heavy atom. The molecule has 23 heavy (non-hydrogen) atoms. The van der Waals surface area contributed by atoms with Crippen molar-refractivity contribution in [2.24, 2.45) is 0 Å². The molecule has 3 heteroatoms. The van der Waals surface area contributed by atoms with Crippen LogP contribution in [0.1, 0.15) is 31.0 Å². The molecule has 0 bridgehead atoms. The fraction of sp³-hybridized carbons (Fsp3) is 0.150. The van der Waals surface area contributed by atoms with E-state index < -0.39 is 0 Å². The van der Waals surface area contributed by atoms with Gasteiger partial charge in [0, 0.05) is 10.9 Å². The number of hydrogen-bond donors (Lipinski definition) is 0. The summed E-state index contributed by atoms with van der Waals surface area (Å²) in [6, 6.07) is 14.0. The highest BCUT2D eigenvalue weighted by Crippen LogP contribution is 2.37. The van der Waals surface area contributed by atoms with Crippen molar-refractivity contribution in [3.05, 3.63) is 72.2 Å². The molecular formula is C20H18FNO. The Labute approximate surface area is 135 Å². The second-order valence-corrected chi connectivity index (χ2v) is 5.68. The monoisotopic (exact) mass is 307 g/mol. The first kappa shape index (κ1) is 15.2. The smallest absolute Gasteiger partial charge is 0.145 e. The van der Waals surface area contributed by atoms with Crippen molar-refractivity contribution in [2.45, 2.75) is 19.8 Å². The van der Waals surface area contributed by atoms with Gasteiger partial charge >= 0.3 is 0 Å². The number of ether oxygens (including phenoxy) is 1. The van der Waals surface area contributed by atoms with Gasteiger partial charge in [0.15, 0.2) is 0 Å². The molecule has 2 aromatic carbocycles. The molecule has 0 atom stereocenters. The van der Waals surface area contributed by atoms with Crippen LogP contribution in [-0.4, -0.2) is 4.98 Å². The molecule has 1 heterocycles. The Morgan fingerprint density at radius 1 is 1.13 bits per heavy atom. The Bertz CT molecular complexity index is 856. The zero-order valence-electron chi connectivity index (χ0n) is 13.2. The molecule has 0 saturated heterocycles. The molecule has 3 aromatic rings. The second-order valence-electron chi connectivity index (χ2n) is 5.68. The molecule has 0 radical (unpaired) electrons. The van der Waals surface area contributed by atoms with Crippen LogP contribution in [0.15, 0.2) is 55.1 Å². The van der Waals surface area contributed by atoms with Crippen LogP contribution < -0.4 is 4.74 Å². The van der Waals surface area contributed by atoms with Gasteiger partial charge in [0.25, 0.3) is 0 Å². The fourth-order valence-electron chi connectivity index (χ4n) is 2.59. The number of para-hydroxylation sites is 1. The molecule has 1 aromatic heterocycles. The van der Waals surface area contributed by atoms with Gasteiger partial charge in [-0.2, -0.15) is 0 Å². The number of benzene rings is 2. The van der Waals surface area contributed by atoms with Crippen LogP contribution in [-0.2, 0) is 0 Å². The number of nitrogens with zero attached hydrogens (tertiary/aromatic N) is 1. The van der Waals surface area contributed by atoms with E-state index in [2.05, 4.69) is 25.4 Å². The first-order valence-corrected chi connectivity index (χ1v) is 7.58. The summed E-state index contributed by atoms with van der Waals surface area (Å²) < 4.78 is 19.8. The summed E-state index contributed by atoms with van der Waals surface area (Å²) in [5.41, 5.74) is 2.42. The molecule has 0 unspecified atom stereocenters. The van der Waals surface area contributed by atoms with Crippen LogP contribution in [0.3, 0.4) is 0 Å². The van der Waals surface area contributed by atoms with E-state index in [0.29, 0.717) is 22.4 Å². The lowest BCUT2D eigenvalue weighted by molar-refractivity contribution is 0.485. The maximum Gasteiger partial charge on any atom is 0.145 e. The van der Waals surface area contributed by atoms with Crippen LogP contribution in [0.2, 0.25) is 0 Å². The third-order valence-corrected chi connectivity index (χ3v) is 3.68. The highest BCUT2D eigenvalue weighted by molar-refractivity contribution is 5.90. The number of pyridine rings is 1. The quantitative estimate of drug-likeness (QED) is 0.595. The summed E-state index contributed by atoms with van der Waals surface area (Å²) in [5, 5.41) is 0.646. The summed E-state index contributed by atoms with van der Waals surface area (Å²) in [7, 11) is 0. The van der Waals surface area contributed by atoms with Gasteiger partial charge in [0.05, 0.1) is 11.2 Å². The topological polar surface area (TPSA) is 22.1 Å².